The van der Waals surface area contributed by atoms with Gasteiger partial charge in [0.15, 0.2) is 110 Å². The smallest absolute Gasteiger partial charge is 0.496 e. The molecule has 4 aliphatic carbocycles. The van der Waals surface area contributed by atoms with Gasteiger partial charge in [-0.2, -0.15) is 0 Å². The third kappa shape index (κ3) is 31.3. The van der Waals surface area contributed by atoms with Crippen molar-refractivity contribution >= 4 is 77.3 Å². The van der Waals surface area contributed by atoms with Gasteiger partial charge in [-0.05, 0) is 301 Å². The van der Waals surface area contributed by atoms with Crippen molar-refractivity contribution in [1.29, 1.82) is 0 Å². The number of alkyl halides is 9. The molecule has 0 amide bonds. The van der Waals surface area contributed by atoms with Crippen LogP contribution in [0.4, 0.5) is 39.5 Å². The molecule has 4 fully saturated rings. The van der Waals surface area contributed by atoms with Crippen molar-refractivity contribution < 1.29 is 72.8 Å². The topological polar surface area (TPSA) is 83.5 Å². The molecule has 1 unspecified atom stereocenters. The molecule has 4 saturated carbocycles. The van der Waals surface area contributed by atoms with Gasteiger partial charge in [-0.3, -0.25) is 0 Å². The van der Waals surface area contributed by atoms with Crippen molar-refractivity contribution in [3.8, 4) is 17.2 Å². The predicted molar refractivity (Wildman–Crippen MR) is 564 cm³/mol. The molecule has 23 heteroatoms. The van der Waals surface area contributed by atoms with Crippen LogP contribution in [0.5, 0.6) is 17.2 Å². The maximum atomic E-state index is 13.8. The second kappa shape index (κ2) is 50.7. The molecular formula is C118H132F9NO7S6+6. The average molecular weight is 2040 g/mol. The van der Waals surface area contributed by atoms with E-state index >= 15 is 0 Å². The highest BCUT2D eigenvalue weighted by molar-refractivity contribution is 7.99. The Hall–Kier alpha value is -10.4. The Balaban J connectivity index is 0.000000169. The number of benzene rings is 13. The number of carbonyl (C=O) groups excluding carboxylic acids is 2. The standard InChI is InChI=1S/C35H39O5S.C25H30NOS.C21H26F3S.C16H16F3OS.C13H10F3S.C8H11S/c1-23-14-31(41(29-10-6-4-7-11-29)30-12-8-5-9-13-30)15-24(2)34(23)39-21-32(36)38-22-33(37)40-35(3)27-17-25-16-26(19-27)20-28(35)18-25;1-20-18-24(19-21(2)25(20)27-17-11-16-26(3)4)28(22-12-7-5-8-13-22)23-14-9-6-10-15-23;1-19(2,3)15-7-11-17(12-8-15)25(21(22,23)24)18-13-9-16(10-14-18)20(4,5)6;1-11-9-14(10-12(2)15(11)20-3)21(16(17,18)19)13-7-5-4-6-8-13;14-13(15,16)17(11-7-3-1-4-8-11)12-9-5-2-6-10-12;1-9(2)8-6-4-3-5-7-8/h4-15,25-28H,16-22H2,1-3H3;5-10,12-15,18-19H,11,16-17H2,1-4H3;7-14H,1-6H3;4-10H,1-3H3;1-10H;3-7H,1-2H3/q6*+1. The largest absolute Gasteiger partial charge is 0.586 e. The summed E-state index contributed by atoms with van der Waals surface area (Å²) in [5.74, 6) is 3.75. The van der Waals surface area contributed by atoms with E-state index in [0.717, 1.165) is 85.1 Å². The molecule has 17 rings (SSSR count). The molecule has 8 nitrogen and oxygen atoms in total. The van der Waals surface area contributed by atoms with E-state index in [4.69, 9.17) is 23.7 Å². The van der Waals surface area contributed by atoms with Crippen LogP contribution in [0.1, 0.15) is 131 Å². The number of hydrogen-bond donors (Lipinski definition) is 0. The summed E-state index contributed by atoms with van der Waals surface area (Å²) in [6.07, 6.45) is 11.5. The van der Waals surface area contributed by atoms with Crippen molar-refractivity contribution in [3.63, 3.8) is 0 Å². The van der Waals surface area contributed by atoms with Gasteiger partial charge in [0.1, 0.15) is 35.4 Å². The molecular weight excluding hydrogens is 1910 g/mol. The summed E-state index contributed by atoms with van der Waals surface area (Å²) in [4.78, 5) is 38.4. The Morgan fingerprint density at radius 1 is 0.340 bits per heavy atom. The molecule has 0 spiro atoms. The molecule has 1 atom stereocenters. The van der Waals surface area contributed by atoms with Gasteiger partial charge >= 0.3 is 28.5 Å². The Labute approximate surface area is 846 Å². The lowest BCUT2D eigenvalue weighted by molar-refractivity contribution is -0.207. The first-order valence-electron chi connectivity index (χ1n) is 47.2. The number of ether oxygens (including phenoxy) is 5. The van der Waals surface area contributed by atoms with Gasteiger partial charge < -0.3 is 28.6 Å². The SMILES string of the molecule is CC(C)(C)c1ccc([S+](c2ccc(C(C)(C)C)cc2)C(F)(F)F)cc1.COc1c(C)cc([S+](c2ccccc2)C(F)(F)F)cc1C.C[S+](C)c1ccccc1.Cc1cc([S+](c2ccccc2)c2ccccc2)cc(C)c1OCC(=O)OCC(=O)OC1(C)C2CC3CC(C2)CC1C3.Cc1cc([S+](c2ccccc2)c2ccccc2)cc(C)c1OCCCN(C)C.FC(F)(F)[S+](c1ccccc1)c1ccccc1. The van der Waals surface area contributed by atoms with E-state index < -0.39 is 66.7 Å². The highest BCUT2D eigenvalue weighted by Gasteiger charge is 2.59. The fourth-order valence-electron chi connectivity index (χ4n) is 18.1. The van der Waals surface area contributed by atoms with E-state index in [1.807, 2.05) is 50.2 Å². The van der Waals surface area contributed by atoms with E-state index in [1.54, 1.807) is 105 Å². The van der Waals surface area contributed by atoms with Gasteiger partial charge in [0.05, 0.1) is 35.5 Å². The van der Waals surface area contributed by atoms with E-state index in [9.17, 15) is 49.1 Å². The van der Waals surface area contributed by atoms with Crippen LogP contribution in [0, 0.1) is 65.2 Å². The molecule has 13 aromatic rings. The summed E-state index contributed by atoms with van der Waals surface area (Å²) < 4.78 is 150. The summed E-state index contributed by atoms with van der Waals surface area (Å²) in [6, 6.07) is 103. The lowest BCUT2D eigenvalue weighted by atomic mass is 9.50. The van der Waals surface area contributed by atoms with Crippen molar-refractivity contribution in [1.82, 2.24) is 4.90 Å². The third-order valence-electron chi connectivity index (χ3n) is 24.7. The van der Waals surface area contributed by atoms with Gasteiger partial charge in [0.2, 0.25) is 0 Å². The van der Waals surface area contributed by atoms with Crippen LogP contribution >= 0.6 is 0 Å². The number of hydrogen-bond acceptors (Lipinski definition) is 8. The van der Waals surface area contributed by atoms with Gasteiger partial charge in [-0.15, -0.1) is 39.5 Å². The van der Waals surface area contributed by atoms with E-state index in [0.29, 0.717) is 64.9 Å². The summed E-state index contributed by atoms with van der Waals surface area (Å²) >= 11 is 0. The van der Waals surface area contributed by atoms with Crippen LogP contribution in [0.25, 0.3) is 0 Å². The number of rotatable bonds is 25. The number of aryl methyl sites for hydroxylation is 6. The molecule has 0 heterocycles. The average Bonchev–Trinajstić information content (AvgIpc) is 0.731. The van der Waals surface area contributed by atoms with Gasteiger partial charge in [0.25, 0.3) is 0 Å². The number of halogens is 9. The number of methoxy groups -OCH3 is 1. The monoisotopic (exact) mass is 2040 g/mol. The van der Waals surface area contributed by atoms with Crippen molar-refractivity contribution in [2.24, 2.45) is 23.7 Å². The second-order valence-electron chi connectivity index (χ2n) is 38.0. The van der Waals surface area contributed by atoms with Crippen molar-refractivity contribution in [2.45, 2.75) is 225 Å². The number of nitrogens with zero attached hydrogens (tertiary/aromatic N) is 1. The number of carbonyl (C=O) groups is 2. The Morgan fingerprint density at radius 2 is 0.610 bits per heavy atom. The molecule has 4 aliphatic rings. The maximum Gasteiger partial charge on any atom is 0.586 e. The molecule has 744 valence electrons. The molecule has 13 aromatic carbocycles. The summed E-state index contributed by atoms with van der Waals surface area (Å²) in [5, 5.41) is 0. The fourth-order valence-corrected chi connectivity index (χ4v) is 28.4. The first kappa shape index (κ1) is 111. The van der Waals surface area contributed by atoms with Gasteiger partial charge in [-0.1, -0.05) is 211 Å². The molecule has 0 aromatic heterocycles. The van der Waals surface area contributed by atoms with Crippen LogP contribution in [0.15, 0.2) is 391 Å². The molecule has 0 radical (unpaired) electrons. The van der Waals surface area contributed by atoms with Crippen LogP contribution in [0.2, 0.25) is 0 Å². The Kier molecular flexibility index (Phi) is 39.9. The lowest BCUT2D eigenvalue weighted by Gasteiger charge is -2.59. The Bertz CT molecular complexity index is 5810. The number of esters is 2. The minimum absolute atomic E-state index is 0.0796. The van der Waals surface area contributed by atoms with Gasteiger partial charge in [-0.25, -0.2) is 9.59 Å². The van der Waals surface area contributed by atoms with E-state index in [2.05, 4.69) is 258 Å². The molecule has 4 bridgehead atoms. The summed E-state index contributed by atoms with van der Waals surface area (Å²) in [7, 11) is -0.0149. The zero-order valence-corrected chi connectivity index (χ0v) is 88.6. The van der Waals surface area contributed by atoms with Crippen LogP contribution in [-0.4, -0.2) is 99.0 Å². The summed E-state index contributed by atoms with van der Waals surface area (Å²) in [6.45, 7) is 27.4. The van der Waals surface area contributed by atoms with Crippen LogP contribution in [-0.2, 0) is 95.3 Å². The first-order valence-corrected chi connectivity index (χ1v) is 55.3. The van der Waals surface area contributed by atoms with Crippen molar-refractivity contribution in [2.75, 3.05) is 60.1 Å². The second-order valence-corrected chi connectivity index (χ2v) is 50.2. The molecule has 141 heavy (non-hydrogen) atoms. The molecule has 0 N–H and O–H groups in total. The van der Waals surface area contributed by atoms with Crippen LogP contribution < -0.4 is 14.2 Å². The highest BCUT2D eigenvalue weighted by Crippen LogP contribution is 2.60. The van der Waals surface area contributed by atoms with Crippen molar-refractivity contribution in [3.05, 3.63) is 372 Å². The van der Waals surface area contributed by atoms with Crippen LogP contribution in [0.3, 0.4) is 0 Å². The minimum Gasteiger partial charge on any atom is -0.496 e. The first-order chi connectivity index (χ1) is 66.9. The minimum atomic E-state index is -4.31. The zero-order valence-electron chi connectivity index (χ0n) is 83.7. The summed E-state index contributed by atoms with van der Waals surface area (Å²) in [5.41, 5.74) is -5.63. The van der Waals surface area contributed by atoms with E-state index in [-0.39, 0.29) is 55.6 Å². The molecule has 0 saturated heterocycles. The van der Waals surface area contributed by atoms with E-state index in [1.165, 1.54) is 95.3 Å². The third-order valence-corrected chi connectivity index (χ3v) is 36.1. The van der Waals surface area contributed by atoms with Gasteiger partial charge in [0, 0.05) is 53.8 Å². The zero-order chi connectivity index (χ0) is 102. The predicted octanol–water partition coefficient (Wildman–Crippen LogP) is 30.7. The normalized spacial score (nSPS) is 16.2. The molecule has 0 aliphatic heterocycles. The maximum absolute atomic E-state index is 13.8. The Morgan fingerprint density at radius 3 is 0.887 bits per heavy atom. The lowest BCUT2D eigenvalue weighted by Crippen LogP contribution is -2.58. The highest BCUT2D eigenvalue weighted by atomic mass is 32.2. The quantitative estimate of drug-likeness (QED) is 0.0242. The fraction of sp³-hybridized carbons (Fsp3) is 0.322.